The number of benzene rings is 1. The molecule has 2 rings (SSSR count). The van der Waals surface area contributed by atoms with E-state index in [1.807, 2.05) is 19.1 Å². The molecule has 0 bridgehead atoms. The highest BCUT2D eigenvalue weighted by Crippen LogP contribution is 2.29. The Morgan fingerprint density at radius 2 is 2.20 bits per heavy atom. The first kappa shape index (κ1) is 14.0. The predicted molar refractivity (Wildman–Crippen MR) is 76.0 cm³/mol. The maximum Gasteiger partial charge on any atom is 0.357 e. The number of nitrogen functional groups attached to an aromatic ring is 1. The second kappa shape index (κ2) is 5.27. The number of nitrogens with two attached hydrogens (primary N) is 1. The Labute approximate surface area is 121 Å². The minimum atomic E-state index is -0.624. The van der Waals surface area contributed by atoms with E-state index in [4.69, 9.17) is 27.3 Å². The molecule has 1 aromatic heterocycles. The molecule has 0 radical (unpaired) electrons. The molecule has 0 atom stereocenters. The van der Waals surface area contributed by atoms with Gasteiger partial charge in [0.15, 0.2) is 5.69 Å². The van der Waals surface area contributed by atoms with Gasteiger partial charge in [0.2, 0.25) is 0 Å². The lowest BCUT2D eigenvalue weighted by molar-refractivity contribution is 0.0593. The van der Waals surface area contributed by atoms with Gasteiger partial charge in [-0.2, -0.15) is 5.26 Å². The number of nitriles is 1. The van der Waals surface area contributed by atoms with Crippen LogP contribution in [0.2, 0.25) is 5.02 Å². The first-order chi connectivity index (χ1) is 9.49. The number of halogens is 1. The van der Waals surface area contributed by atoms with Crippen molar-refractivity contribution in [1.82, 2.24) is 4.57 Å². The molecule has 102 valence electrons. The van der Waals surface area contributed by atoms with E-state index in [9.17, 15) is 4.79 Å². The zero-order chi connectivity index (χ0) is 14.9. The molecular weight excluding hydrogens is 278 g/mol. The molecule has 1 aromatic carbocycles. The second-order valence-corrected chi connectivity index (χ2v) is 4.64. The first-order valence-electron chi connectivity index (χ1n) is 5.75. The van der Waals surface area contributed by atoms with Crippen molar-refractivity contribution in [3.05, 3.63) is 46.2 Å². The fraction of sp³-hybridized carbons (Fsp3) is 0.143. The Bertz CT molecular complexity index is 729. The summed E-state index contributed by atoms with van der Waals surface area (Å²) in [6.07, 6.45) is 1.47. The molecule has 0 unspecified atom stereocenters. The van der Waals surface area contributed by atoms with Crippen molar-refractivity contribution in [1.29, 1.82) is 5.26 Å². The van der Waals surface area contributed by atoms with Gasteiger partial charge in [0.05, 0.1) is 29.1 Å². The van der Waals surface area contributed by atoms with Gasteiger partial charge < -0.3 is 15.0 Å². The zero-order valence-corrected chi connectivity index (χ0v) is 11.7. The number of esters is 1. The van der Waals surface area contributed by atoms with E-state index in [0.717, 1.165) is 5.56 Å². The molecule has 2 N–H and O–H groups in total. The Morgan fingerprint density at radius 3 is 2.80 bits per heavy atom. The maximum atomic E-state index is 11.9. The summed E-state index contributed by atoms with van der Waals surface area (Å²) in [7, 11) is 1.25. The summed E-state index contributed by atoms with van der Waals surface area (Å²) in [6.45, 7) is 1.90. The third kappa shape index (κ3) is 2.22. The summed E-state index contributed by atoms with van der Waals surface area (Å²) in [5, 5.41) is 9.50. The van der Waals surface area contributed by atoms with Crippen molar-refractivity contribution >= 4 is 23.3 Å². The fourth-order valence-electron chi connectivity index (χ4n) is 1.91. The van der Waals surface area contributed by atoms with Gasteiger partial charge in [0.25, 0.3) is 0 Å². The van der Waals surface area contributed by atoms with Crippen LogP contribution >= 0.6 is 11.6 Å². The second-order valence-electron chi connectivity index (χ2n) is 4.23. The molecule has 0 aliphatic heterocycles. The normalized spacial score (nSPS) is 10.1. The van der Waals surface area contributed by atoms with E-state index in [2.05, 4.69) is 0 Å². The van der Waals surface area contributed by atoms with E-state index in [1.165, 1.54) is 17.9 Å². The lowest BCUT2D eigenvalue weighted by atomic mass is 10.2. The lowest BCUT2D eigenvalue weighted by Gasteiger charge is -2.11. The highest BCUT2D eigenvalue weighted by Gasteiger charge is 2.22. The number of hydrogen-bond acceptors (Lipinski definition) is 4. The Balaban J connectivity index is 2.77. The van der Waals surface area contributed by atoms with Crippen molar-refractivity contribution in [2.45, 2.75) is 6.92 Å². The summed E-state index contributed by atoms with van der Waals surface area (Å²) in [6, 6.07) is 7.31. The molecule has 20 heavy (non-hydrogen) atoms. The van der Waals surface area contributed by atoms with Crippen LogP contribution in [0.25, 0.3) is 5.69 Å². The molecule has 0 aliphatic carbocycles. The monoisotopic (exact) mass is 289 g/mol. The third-order valence-electron chi connectivity index (χ3n) is 2.90. The number of aryl methyl sites for hydroxylation is 1. The van der Waals surface area contributed by atoms with Gasteiger partial charge in [-0.25, -0.2) is 4.79 Å². The van der Waals surface area contributed by atoms with E-state index in [1.54, 1.807) is 12.1 Å². The summed E-state index contributed by atoms with van der Waals surface area (Å²) < 4.78 is 6.20. The standard InChI is InChI=1S/C14H12ClN3O2/c1-8-3-4-10(15)11(5-8)18-7-9(6-16)12(17)13(18)14(19)20-2/h3-5,7H,17H2,1-2H3. The number of rotatable bonds is 2. The molecule has 0 saturated carbocycles. The average Bonchev–Trinajstić information content (AvgIpc) is 2.77. The molecular formula is C14H12ClN3O2. The summed E-state index contributed by atoms with van der Waals surface area (Å²) in [5.41, 5.74) is 7.73. The van der Waals surface area contributed by atoms with Crippen LogP contribution in [0.4, 0.5) is 5.69 Å². The highest BCUT2D eigenvalue weighted by atomic mass is 35.5. The van der Waals surface area contributed by atoms with Gasteiger partial charge in [0.1, 0.15) is 6.07 Å². The van der Waals surface area contributed by atoms with Crippen LogP contribution in [0.1, 0.15) is 21.6 Å². The van der Waals surface area contributed by atoms with Gasteiger partial charge in [-0.3, -0.25) is 0 Å². The van der Waals surface area contributed by atoms with Crippen molar-refractivity contribution < 1.29 is 9.53 Å². The zero-order valence-electron chi connectivity index (χ0n) is 11.0. The van der Waals surface area contributed by atoms with Gasteiger partial charge in [-0.1, -0.05) is 17.7 Å². The van der Waals surface area contributed by atoms with Crippen molar-refractivity contribution in [2.24, 2.45) is 0 Å². The van der Waals surface area contributed by atoms with Crippen molar-refractivity contribution in [3.8, 4) is 11.8 Å². The summed E-state index contributed by atoms with van der Waals surface area (Å²) in [4.78, 5) is 11.9. The minimum absolute atomic E-state index is 0.0805. The molecule has 0 spiro atoms. The quantitative estimate of drug-likeness (QED) is 0.862. The number of ether oxygens (including phenoxy) is 1. The maximum absolute atomic E-state index is 11.9. The lowest BCUT2D eigenvalue weighted by Crippen LogP contribution is -2.11. The Kier molecular flexibility index (Phi) is 3.68. The van der Waals surface area contributed by atoms with E-state index in [-0.39, 0.29) is 16.9 Å². The molecule has 5 nitrogen and oxygen atoms in total. The topological polar surface area (TPSA) is 81.0 Å². The van der Waals surface area contributed by atoms with Gasteiger partial charge in [-0.15, -0.1) is 0 Å². The van der Waals surface area contributed by atoms with E-state index in [0.29, 0.717) is 10.7 Å². The number of carbonyl (C=O) groups is 1. The SMILES string of the molecule is COC(=O)c1c(N)c(C#N)cn1-c1cc(C)ccc1Cl. The number of carbonyl (C=O) groups excluding carboxylic acids is 1. The highest BCUT2D eigenvalue weighted by molar-refractivity contribution is 6.32. The first-order valence-corrected chi connectivity index (χ1v) is 6.13. The Morgan fingerprint density at radius 1 is 1.50 bits per heavy atom. The fourth-order valence-corrected chi connectivity index (χ4v) is 2.12. The molecule has 0 amide bonds. The smallest absolute Gasteiger partial charge is 0.357 e. The van der Waals surface area contributed by atoms with E-state index < -0.39 is 5.97 Å². The molecule has 0 saturated heterocycles. The van der Waals surface area contributed by atoms with Crippen LogP contribution in [0.3, 0.4) is 0 Å². The van der Waals surface area contributed by atoms with E-state index >= 15 is 0 Å². The molecule has 0 fully saturated rings. The predicted octanol–water partition coefficient (Wildman–Crippen LogP) is 2.68. The third-order valence-corrected chi connectivity index (χ3v) is 3.22. The molecule has 1 heterocycles. The van der Waals surface area contributed by atoms with Crippen LogP contribution < -0.4 is 5.73 Å². The van der Waals surface area contributed by atoms with Gasteiger partial charge in [-0.05, 0) is 24.6 Å². The largest absolute Gasteiger partial charge is 0.464 e. The number of anilines is 1. The minimum Gasteiger partial charge on any atom is -0.464 e. The van der Waals surface area contributed by atoms with Crippen LogP contribution in [-0.4, -0.2) is 17.6 Å². The number of hydrogen-bond donors (Lipinski definition) is 1. The van der Waals surface area contributed by atoms with Crippen LogP contribution in [0, 0.1) is 18.3 Å². The molecule has 6 heteroatoms. The van der Waals surface area contributed by atoms with Crippen molar-refractivity contribution in [3.63, 3.8) is 0 Å². The van der Waals surface area contributed by atoms with Crippen molar-refractivity contribution in [2.75, 3.05) is 12.8 Å². The van der Waals surface area contributed by atoms with Crippen LogP contribution in [0.15, 0.2) is 24.4 Å². The number of nitrogens with zero attached hydrogens (tertiary/aromatic N) is 2. The average molecular weight is 290 g/mol. The molecule has 2 aromatic rings. The Hall–Kier alpha value is -2.45. The number of aromatic nitrogens is 1. The molecule has 0 aliphatic rings. The van der Waals surface area contributed by atoms with Gasteiger partial charge in [0, 0.05) is 6.20 Å². The summed E-state index contributed by atoms with van der Waals surface area (Å²) >= 11 is 6.16. The van der Waals surface area contributed by atoms with Crippen LogP contribution in [-0.2, 0) is 4.74 Å². The number of methoxy groups -OCH3 is 1. The van der Waals surface area contributed by atoms with Crippen LogP contribution in [0.5, 0.6) is 0 Å². The summed E-state index contributed by atoms with van der Waals surface area (Å²) in [5.74, 6) is -0.624. The van der Waals surface area contributed by atoms with Gasteiger partial charge >= 0.3 is 5.97 Å².